The Hall–Kier alpha value is -3.60. The van der Waals surface area contributed by atoms with Crippen LogP contribution < -0.4 is 26.6 Å². The summed E-state index contributed by atoms with van der Waals surface area (Å²) in [5.74, 6) is -3.03. The number of hydrogen-bond donors (Lipinski definition) is 5. The molecule has 0 radical (unpaired) electrons. The molecule has 2 saturated heterocycles. The van der Waals surface area contributed by atoms with E-state index in [-0.39, 0.29) is 12.1 Å². The molecule has 11 heteroatoms. The molecular formula is C23H24F3N5O3. The summed E-state index contributed by atoms with van der Waals surface area (Å²) in [6.07, 6.45) is -5.85. The lowest BCUT2D eigenvalue weighted by atomic mass is 9.81. The molecule has 34 heavy (non-hydrogen) atoms. The van der Waals surface area contributed by atoms with Gasteiger partial charge in [-0.2, -0.15) is 13.2 Å². The standard InChI is InChI=1S/C23H24F3N5O3/c24-23(25,26)14-7-4-8-15(11-14)28-22-30-19-18(21(34)31-22)16(12-17(32)29-19)20(33)27-10-9-13-5-2-1-3-6-13/h1-8,11,16,18-19,22,28,30H,9-10,12H2,(H,27,33)(H,29,32)(H,31,34). The minimum absolute atomic E-state index is 0.128. The van der Waals surface area contributed by atoms with Gasteiger partial charge in [-0.25, -0.2) is 0 Å². The lowest BCUT2D eigenvalue weighted by molar-refractivity contribution is -0.146. The number of rotatable bonds is 6. The van der Waals surface area contributed by atoms with Gasteiger partial charge >= 0.3 is 6.18 Å². The van der Waals surface area contributed by atoms with Crippen LogP contribution in [0, 0.1) is 11.8 Å². The van der Waals surface area contributed by atoms with Crippen molar-refractivity contribution in [2.24, 2.45) is 11.8 Å². The average molecular weight is 475 g/mol. The molecule has 3 amide bonds. The van der Waals surface area contributed by atoms with Crippen molar-refractivity contribution >= 4 is 23.4 Å². The molecule has 0 aromatic heterocycles. The molecule has 2 fully saturated rings. The highest BCUT2D eigenvalue weighted by atomic mass is 19.4. The molecule has 8 nitrogen and oxygen atoms in total. The Morgan fingerprint density at radius 2 is 1.79 bits per heavy atom. The molecule has 4 unspecified atom stereocenters. The fourth-order valence-electron chi connectivity index (χ4n) is 4.21. The summed E-state index contributed by atoms with van der Waals surface area (Å²) in [6.45, 7) is 0.354. The summed E-state index contributed by atoms with van der Waals surface area (Å²) in [4.78, 5) is 37.9. The summed E-state index contributed by atoms with van der Waals surface area (Å²) < 4.78 is 38.9. The minimum atomic E-state index is -4.51. The van der Waals surface area contributed by atoms with Crippen LogP contribution in [-0.4, -0.2) is 36.7 Å². The van der Waals surface area contributed by atoms with Gasteiger partial charge in [-0.05, 0) is 30.2 Å². The molecular weight excluding hydrogens is 451 g/mol. The smallest absolute Gasteiger partial charge is 0.355 e. The zero-order chi connectivity index (χ0) is 24.3. The van der Waals surface area contributed by atoms with E-state index in [4.69, 9.17) is 0 Å². The second kappa shape index (κ2) is 9.72. The predicted molar refractivity (Wildman–Crippen MR) is 117 cm³/mol. The lowest BCUT2D eigenvalue weighted by Gasteiger charge is -2.43. The van der Waals surface area contributed by atoms with Crippen molar-refractivity contribution in [3.63, 3.8) is 0 Å². The number of anilines is 1. The van der Waals surface area contributed by atoms with Gasteiger partial charge in [-0.15, -0.1) is 0 Å². The van der Waals surface area contributed by atoms with Gasteiger partial charge in [0.15, 0.2) is 6.29 Å². The summed E-state index contributed by atoms with van der Waals surface area (Å²) in [6, 6.07) is 14.1. The van der Waals surface area contributed by atoms with Crippen molar-refractivity contribution < 1.29 is 27.6 Å². The molecule has 180 valence electrons. The number of benzene rings is 2. The van der Waals surface area contributed by atoms with Crippen LogP contribution in [0.25, 0.3) is 0 Å². The second-order valence-electron chi connectivity index (χ2n) is 8.24. The normalized spacial score (nSPS) is 24.4. The number of fused-ring (bicyclic) bond motifs is 1. The van der Waals surface area contributed by atoms with E-state index in [0.717, 1.165) is 17.7 Å². The fraction of sp³-hybridized carbons (Fsp3) is 0.348. The topological polar surface area (TPSA) is 111 Å². The summed E-state index contributed by atoms with van der Waals surface area (Å²) in [7, 11) is 0. The first-order valence-electron chi connectivity index (χ1n) is 10.8. The number of halogens is 3. The SMILES string of the molecule is O=C1CC(C(=O)NCCc2ccccc2)C2C(=O)NC(Nc3cccc(C(F)(F)F)c3)NC2N1. The third-order valence-corrected chi connectivity index (χ3v) is 5.84. The van der Waals surface area contributed by atoms with Gasteiger partial charge in [0.05, 0.1) is 23.6 Å². The van der Waals surface area contributed by atoms with E-state index in [2.05, 4.69) is 26.6 Å². The van der Waals surface area contributed by atoms with Crippen molar-refractivity contribution in [2.45, 2.75) is 31.5 Å². The number of amides is 3. The highest BCUT2D eigenvalue weighted by Gasteiger charge is 2.48. The van der Waals surface area contributed by atoms with Crippen molar-refractivity contribution in [1.29, 1.82) is 0 Å². The Morgan fingerprint density at radius 3 is 2.53 bits per heavy atom. The number of carbonyl (C=O) groups excluding carboxylic acids is 3. The first kappa shape index (κ1) is 23.6. The van der Waals surface area contributed by atoms with Crippen molar-refractivity contribution in [1.82, 2.24) is 21.3 Å². The molecule has 4 rings (SSSR count). The predicted octanol–water partition coefficient (Wildman–Crippen LogP) is 1.56. The van der Waals surface area contributed by atoms with E-state index < -0.39 is 53.8 Å². The van der Waals surface area contributed by atoms with Crippen LogP contribution in [0.3, 0.4) is 0 Å². The number of hydrogen-bond acceptors (Lipinski definition) is 5. The third-order valence-electron chi connectivity index (χ3n) is 5.84. The maximum atomic E-state index is 13.0. The largest absolute Gasteiger partial charge is 0.416 e. The van der Waals surface area contributed by atoms with Crippen molar-refractivity contribution in [2.75, 3.05) is 11.9 Å². The molecule has 2 aliphatic rings. The average Bonchev–Trinajstić information content (AvgIpc) is 2.78. The van der Waals surface area contributed by atoms with Crippen LogP contribution in [0.2, 0.25) is 0 Å². The minimum Gasteiger partial charge on any atom is -0.355 e. The summed E-state index contributed by atoms with van der Waals surface area (Å²) in [5.41, 5.74) is 0.335. The van der Waals surface area contributed by atoms with E-state index >= 15 is 0 Å². The van der Waals surface area contributed by atoms with Gasteiger partial charge < -0.3 is 21.3 Å². The molecule has 0 saturated carbocycles. The van der Waals surface area contributed by atoms with E-state index in [0.29, 0.717) is 13.0 Å². The zero-order valence-corrected chi connectivity index (χ0v) is 18.0. The quantitative estimate of drug-likeness (QED) is 0.436. The monoisotopic (exact) mass is 475 g/mol. The van der Waals surface area contributed by atoms with Crippen LogP contribution in [-0.2, 0) is 27.0 Å². The molecule has 2 aromatic rings. The summed E-state index contributed by atoms with van der Waals surface area (Å²) in [5, 5.41) is 13.8. The van der Waals surface area contributed by atoms with Crippen LogP contribution in [0.4, 0.5) is 18.9 Å². The molecule has 0 aliphatic carbocycles. The second-order valence-corrected chi connectivity index (χ2v) is 8.24. The van der Waals surface area contributed by atoms with Crippen LogP contribution in [0.15, 0.2) is 54.6 Å². The summed E-state index contributed by atoms with van der Waals surface area (Å²) >= 11 is 0. The Balaban J connectivity index is 1.39. The number of piperidine rings is 1. The highest BCUT2D eigenvalue weighted by Crippen LogP contribution is 2.31. The number of carbonyl (C=O) groups is 3. The van der Waals surface area contributed by atoms with Gasteiger partial charge in [-0.3, -0.25) is 19.7 Å². The van der Waals surface area contributed by atoms with Gasteiger partial charge in [0, 0.05) is 18.7 Å². The number of alkyl halides is 3. The molecule has 4 atom stereocenters. The van der Waals surface area contributed by atoms with Gasteiger partial charge in [0.25, 0.3) is 0 Å². The molecule has 5 N–H and O–H groups in total. The van der Waals surface area contributed by atoms with Gasteiger partial charge in [0.1, 0.15) is 0 Å². The molecule has 0 bridgehead atoms. The fourth-order valence-corrected chi connectivity index (χ4v) is 4.21. The highest BCUT2D eigenvalue weighted by molar-refractivity contribution is 5.94. The van der Waals surface area contributed by atoms with E-state index in [9.17, 15) is 27.6 Å². The van der Waals surface area contributed by atoms with E-state index in [1.54, 1.807) is 0 Å². The maximum absolute atomic E-state index is 13.0. The lowest BCUT2D eigenvalue weighted by Crippen LogP contribution is -2.72. The Morgan fingerprint density at radius 1 is 1.03 bits per heavy atom. The molecule has 2 aromatic carbocycles. The van der Waals surface area contributed by atoms with Crippen molar-refractivity contribution in [3.05, 3.63) is 65.7 Å². The third kappa shape index (κ3) is 5.48. The Labute approximate surface area is 193 Å². The van der Waals surface area contributed by atoms with Crippen LogP contribution >= 0.6 is 0 Å². The van der Waals surface area contributed by atoms with Crippen LogP contribution in [0.1, 0.15) is 17.5 Å². The Kier molecular flexibility index (Phi) is 6.73. The van der Waals surface area contributed by atoms with E-state index in [1.807, 2.05) is 30.3 Å². The molecule has 0 spiro atoms. The first-order valence-corrected chi connectivity index (χ1v) is 10.8. The molecule has 2 heterocycles. The van der Waals surface area contributed by atoms with Crippen LogP contribution in [0.5, 0.6) is 0 Å². The molecule has 2 aliphatic heterocycles. The Bertz CT molecular complexity index is 1060. The van der Waals surface area contributed by atoms with Gasteiger partial charge in [-0.1, -0.05) is 36.4 Å². The zero-order valence-electron chi connectivity index (χ0n) is 18.0. The first-order chi connectivity index (χ1) is 16.2. The van der Waals surface area contributed by atoms with Crippen molar-refractivity contribution in [3.8, 4) is 0 Å². The maximum Gasteiger partial charge on any atom is 0.416 e. The van der Waals surface area contributed by atoms with E-state index in [1.165, 1.54) is 12.1 Å². The van der Waals surface area contributed by atoms with Gasteiger partial charge in [0.2, 0.25) is 17.7 Å². The number of nitrogens with one attached hydrogen (secondary N) is 5.